The number of nitrogens with zero attached hydrogens (tertiary/aromatic N) is 2. The molecule has 8 nitrogen and oxygen atoms in total. The minimum atomic E-state index is -2.45. The van der Waals surface area contributed by atoms with Gasteiger partial charge in [0.25, 0.3) is 5.91 Å². The third-order valence-electron chi connectivity index (χ3n) is 3.24. The lowest BCUT2D eigenvalue weighted by Crippen LogP contribution is -2.27. The molecule has 7 N–H and O–H groups in total. The number of nitrogens with one attached hydrogen (secondary N) is 3. The minimum Gasteiger partial charge on any atom is -0.393 e. The largest absolute Gasteiger partial charge is 0.393 e. The van der Waals surface area contributed by atoms with E-state index in [2.05, 4.69) is 20.8 Å². The fourth-order valence-corrected chi connectivity index (χ4v) is 1.90. The smallest absolute Gasteiger partial charge is 0.253 e. The molecule has 0 unspecified atom stereocenters. The van der Waals surface area contributed by atoms with Crippen molar-refractivity contribution in [2.45, 2.75) is 39.0 Å². The lowest BCUT2D eigenvalue weighted by molar-refractivity contribution is -0.114. The highest BCUT2D eigenvalue weighted by Gasteiger charge is 2.18. The highest BCUT2D eigenvalue weighted by molar-refractivity contribution is 6.20. The second-order valence-corrected chi connectivity index (χ2v) is 5.99. The number of anilines is 1. The molecule has 1 amide bonds. The van der Waals surface area contributed by atoms with Crippen molar-refractivity contribution in [1.29, 1.82) is 5.41 Å². The zero-order valence-corrected chi connectivity index (χ0v) is 16.9. The predicted octanol–water partition coefficient (Wildman–Crippen LogP) is 3.14. The van der Waals surface area contributed by atoms with E-state index < -0.39 is 11.8 Å². The van der Waals surface area contributed by atoms with Gasteiger partial charge < -0.3 is 22.2 Å². The minimum absolute atomic E-state index is 0.0111. The number of carbonyl (C=O) groups is 1. The van der Waals surface area contributed by atoms with E-state index in [0.717, 1.165) is 19.6 Å². The molecule has 0 fully saturated rings. The Balaban J connectivity index is 0.000000828. The van der Waals surface area contributed by atoms with E-state index >= 15 is 0 Å². The summed E-state index contributed by atoms with van der Waals surface area (Å²) in [4.78, 5) is 15.4. The average molecular weight is 409 g/mol. The lowest BCUT2D eigenvalue weighted by Gasteiger charge is -2.06. The van der Waals surface area contributed by atoms with Crippen molar-refractivity contribution < 1.29 is 13.6 Å². The standard InChI is InChI=1S/C13H17N7O.C6H12F2/c1-17-8-11(13(16)21)12(15)19-9-3-2-4-10(7-9)20-18-6-5-14;1-3-4-5-6(2,7)8/h2-8,14,17,20H,1H3,(H2,15,19)(H2,16,21);3-5H2,1-2H3/b11-8+,14-5?,18-6-;. The summed E-state index contributed by atoms with van der Waals surface area (Å²) in [6.45, 7) is 2.87. The number of amidine groups is 1. The van der Waals surface area contributed by atoms with Crippen LogP contribution in [0, 0.1) is 5.41 Å². The van der Waals surface area contributed by atoms with Crippen molar-refractivity contribution in [2.75, 3.05) is 12.5 Å². The summed E-state index contributed by atoms with van der Waals surface area (Å²) < 4.78 is 23.8. The number of alkyl halides is 2. The highest BCUT2D eigenvalue weighted by Crippen LogP contribution is 2.19. The van der Waals surface area contributed by atoms with E-state index in [9.17, 15) is 13.6 Å². The van der Waals surface area contributed by atoms with Crippen LogP contribution < -0.4 is 22.2 Å². The van der Waals surface area contributed by atoms with Gasteiger partial charge in [-0.2, -0.15) is 5.10 Å². The number of primary amides is 1. The molecule has 0 radical (unpaired) electrons. The van der Waals surface area contributed by atoms with Gasteiger partial charge in [0, 0.05) is 25.9 Å². The van der Waals surface area contributed by atoms with E-state index in [0.29, 0.717) is 17.8 Å². The van der Waals surface area contributed by atoms with E-state index in [1.165, 1.54) is 12.4 Å². The highest BCUT2D eigenvalue weighted by atomic mass is 19.3. The van der Waals surface area contributed by atoms with Crippen molar-refractivity contribution in [3.05, 3.63) is 36.0 Å². The van der Waals surface area contributed by atoms with Gasteiger partial charge in [0.1, 0.15) is 5.84 Å². The van der Waals surface area contributed by atoms with Crippen LogP contribution in [0.5, 0.6) is 0 Å². The molecule has 0 aliphatic rings. The topological polar surface area (TPSA) is 142 Å². The summed E-state index contributed by atoms with van der Waals surface area (Å²) in [5.74, 6) is -3.11. The van der Waals surface area contributed by atoms with Gasteiger partial charge >= 0.3 is 0 Å². The van der Waals surface area contributed by atoms with Crippen LogP contribution in [0.1, 0.15) is 33.1 Å². The Hall–Kier alpha value is -3.30. The summed E-state index contributed by atoms with van der Waals surface area (Å²) in [7, 11) is 1.63. The molecule has 10 heteroatoms. The molecule has 1 aromatic carbocycles. The molecular weight excluding hydrogens is 380 g/mol. The van der Waals surface area contributed by atoms with Crippen LogP contribution in [-0.2, 0) is 4.79 Å². The zero-order chi connectivity index (χ0) is 22.3. The van der Waals surface area contributed by atoms with Crippen molar-refractivity contribution >= 4 is 35.5 Å². The maximum absolute atomic E-state index is 11.9. The summed E-state index contributed by atoms with van der Waals surface area (Å²) in [6.07, 6.45) is 5.24. The van der Waals surface area contributed by atoms with E-state index in [1.54, 1.807) is 31.3 Å². The van der Waals surface area contributed by atoms with Gasteiger partial charge in [-0.25, -0.2) is 13.8 Å². The second kappa shape index (κ2) is 13.8. The number of hydrogen-bond donors (Lipinski definition) is 5. The molecule has 0 aliphatic carbocycles. The first-order valence-electron chi connectivity index (χ1n) is 8.92. The lowest BCUT2D eigenvalue weighted by atomic mass is 10.2. The normalized spacial score (nSPS) is 12.2. The number of hydrogen-bond acceptors (Lipinski definition) is 6. The second-order valence-electron chi connectivity index (χ2n) is 5.99. The van der Waals surface area contributed by atoms with Gasteiger partial charge in [0.15, 0.2) is 0 Å². The Kier molecular flexibility index (Phi) is 12.2. The number of carbonyl (C=O) groups excluding carboxylic acids is 1. The number of rotatable bonds is 10. The zero-order valence-electron chi connectivity index (χ0n) is 16.9. The van der Waals surface area contributed by atoms with Crippen LogP contribution in [0.4, 0.5) is 20.2 Å². The Morgan fingerprint density at radius 1 is 1.34 bits per heavy atom. The number of aliphatic imine (C=N–C) groups is 1. The molecule has 0 aromatic heterocycles. The summed E-state index contributed by atoms with van der Waals surface area (Å²) in [5.41, 5.74) is 15.0. The molecule has 1 aromatic rings. The molecule has 1 rings (SSSR count). The van der Waals surface area contributed by atoms with Crippen molar-refractivity contribution in [1.82, 2.24) is 5.32 Å². The number of benzene rings is 1. The molecule has 0 saturated heterocycles. The van der Waals surface area contributed by atoms with Gasteiger partial charge in [-0.15, -0.1) is 0 Å². The number of hydrazone groups is 1. The number of amides is 1. The van der Waals surface area contributed by atoms with Crippen molar-refractivity contribution in [3.8, 4) is 0 Å². The Morgan fingerprint density at radius 2 is 2.03 bits per heavy atom. The molecule has 0 heterocycles. The number of unbranched alkanes of at least 4 members (excludes halogenated alkanes) is 1. The quantitative estimate of drug-likeness (QED) is 0.175. The summed E-state index contributed by atoms with van der Waals surface area (Å²) >= 11 is 0. The molecular formula is C19H29F2N7O. The van der Waals surface area contributed by atoms with Gasteiger partial charge in [0.05, 0.1) is 23.2 Å². The number of nitrogens with two attached hydrogens (primary N) is 2. The molecule has 0 atom stereocenters. The van der Waals surface area contributed by atoms with Gasteiger partial charge in [-0.3, -0.25) is 10.2 Å². The molecule has 160 valence electrons. The SMILES string of the molecule is CCCCC(C)(F)F.CN/C=C(/C(N)=O)C(N)=Nc1cccc(N/N=C\C=N)c1. The first-order chi connectivity index (χ1) is 13.6. The maximum Gasteiger partial charge on any atom is 0.253 e. The van der Waals surface area contributed by atoms with E-state index in [-0.39, 0.29) is 17.8 Å². The van der Waals surface area contributed by atoms with Crippen LogP contribution in [0.25, 0.3) is 0 Å². The summed E-state index contributed by atoms with van der Waals surface area (Å²) in [6, 6.07) is 6.93. The van der Waals surface area contributed by atoms with Gasteiger partial charge in [-0.1, -0.05) is 19.4 Å². The van der Waals surface area contributed by atoms with E-state index in [1.807, 2.05) is 6.92 Å². The maximum atomic E-state index is 11.9. The Bertz CT molecular complexity index is 740. The first kappa shape index (κ1) is 25.7. The predicted molar refractivity (Wildman–Crippen MR) is 115 cm³/mol. The third kappa shape index (κ3) is 12.7. The average Bonchev–Trinajstić information content (AvgIpc) is 2.64. The van der Waals surface area contributed by atoms with Crippen LogP contribution >= 0.6 is 0 Å². The van der Waals surface area contributed by atoms with Crippen LogP contribution in [0.3, 0.4) is 0 Å². The third-order valence-corrected chi connectivity index (χ3v) is 3.24. The fraction of sp³-hybridized carbons (Fsp3) is 0.368. The Labute approximate surface area is 169 Å². The van der Waals surface area contributed by atoms with Crippen molar-refractivity contribution in [2.24, 2.45) is 21.6 Å². The first-order valence-corrected chi connectivity index (χ1v) is 8.92. The van der Waals surface area contributed by atoms with Crippen LogP contribution in [0.15, 0.2) is 46.1 Å². The molecule has 0 spiro atoms. The van der Waals surface area contributed by atoms with Crippen molar-refractivity contribution in [3.63, 3.8) is 0 Å². The summed E-state index contributed by atoms with van der Waals surface area (Å²) in [5, 5.41) is 13.3. The van der Waals surface area contributed by atoms with E-state index in [4.69, 9.17) is 16.9 Å². The monoisotopic (exact) mass is 409 g/mol. The fourth-order valence-electron chi connectivity index (χ4n) is 1.90. The molecule has 29 heavy (non-hydrogen) atoms. The van der Waals surface area contributed by atoms with Crippen LogP contribution in [0.2, 0.25) is 0 Å². The van der Waals surface area contributed by atoms with Gasteiger partial charge in [0.2, 0.25) is 5.92 Å². The molecule has 0 bridgehead atoms. The van der Waals surface area contributed by atoms with Crippen LogP contribution in [-0.4, -0.2) is 37.1 Å². The molecule has 0 aliphatic heterocycles. The Morgan fingerprint density at radius 3 is 2.52 bits per heavy atom. The number of halogens is 2. The molecule has 0 saturated carbocycles. The van der Waals surface area contributed by atoms with Gasteiger partial charge in [-0.05, 0) is 31.5 Å².